The van der Waals surface area contributed by atoms with Gasteiger partial charge in [-0.05, 0) is 19.1 Å². The smallest absolute Gasteiger partial charge is 0.156 e. The van der Waals surface area contributed by atoms with Gasteiger partial charge in [0.15, 0.2) is 6.23 Å². The number of aliphatic hydroxyl groups excluding tert-OH is 3. The molecule has 1 saturated heterocycles. The van der Waals surface area contributed by atoms with Gasteiger partial charge in [0, 0.05) is 5.69 Å². The molecule has 4 N–H and O–H groups in total. The van der Waals surface area contributed by atoms with Crippen LogP contribution in [-0.2, 0) is 4.74 Å². The van der Waals surface area contributed by atoms with E-state index < -0.39 is 24.5 Å². The largest absolute Gasteiger partial charge is 0.388 e. The molecule has 5 nitrogen and oxygen atoms in total. The average molecular weight is 239 g/mol. The van der Waals surface area contributed by atoms with Gasteiger partial charge in [0.1, 0.15) is 18.3 Å². The van der Waals surface area contributed by atoms with Gasteiger partial charge in [0.05, 0.1) is 6.61 Å². The summed E-state index contributed by atoms with van der Waals surface area (Å²) in [6.45, 7) is 1.98. The lowest BCUT2D eigenvalue weighted by molar-refractivity contribution is -0.178. The summed E-state index contributed by atoms with van der Waals surface area (Å²) in [4.78, 5) is 0. The summed E-state index contributed by atoms with van der Waals surface area (Å²) in [5.41, 5.74) is 1.93. The van der Waals surface area contributed by atoms with Gasteiger partial charge in [-0.3, -0.25) is 0 Å². The first-order chi connectivity index (χ1) is 8.08. The van der Waals surface area contributed by atoms with Gasteiger partial charge >= 0.3 is 0 Å². The summed E-state index contributed by atoms with van der Waals surface area (Å²) in [6, 6.07) is 7.59. The van der Waals surface area contributed by atoms with E-state index in [1.165, 1.54) is 0 Å². The highest BCUT2D eigenvalue weighted by atomic mass is 16.5. The van der Waals surface area contributed by atoms with Crippen LogP contribution in [0.3, 0.4) is 0 Å². The van der Waals surface area contributed by atoms with Crippen LogP contribution in [0.2, 0.25) is 0 Å². The van der Waals surface area contributed by atoms with Crippen LogP contribution in [-0.4, -0.2) is 46.5 Å². The quantitative estimate of drug-likeness (QED) is 0.577. The van der Waals surface area contributed by atoms with Crippen molar-refractivity contribution >= 4 is 5.69 Å². The molecule has 0 aromatic heterocycles. The van der Waals surface area contributed by atoms with Crippen molar-refractivity contribution in [2.45, 2.75) is 31.5 Å². The van der Waals surface area contributed by atoms with Gasteiger partial charge < -0.3 is 25.4 Å². The molecule has 4 atom stereocenters. The van der Waals surface area contributed by atoms with Gasteiger partial charge in [-0.1, -0.05) is 17.7 Å². The third-order valence-electron chi connectivity index (χ3n) is 2.86. The van der Waals surface area contributed by atoms with Crippen LogP contribution in [0.4, 0.5) is 5.69 Å². The van der Waals surface area contributed by atoms with Crippen LogP contribution in [0.25, 0.3) is 0 Å². The van der Waals surface area contributed by atoms with E-state index in [2.05, 4.69) is 5.32 Å². The molecule has 1 fully saturated rings. The number of anilines is 1. The van der Waals surface area contributed by atoms with Crippen LogP contribution in [0, 0.1) is 6.92 Å². The molecule has 1 aliphatic rings. The zero-order valence-electron chi connectivity index (χ0n) is 9.58. The molecule has 1 aliphatic heterocycles. The zero-order chi connectivity index (χ0) is 12.4. The van der Waals surface area contributed by atoms with Crippen LogP contribution in [0.15, 0.2) is 24.3 Å². The van der Waals surface area contributed by atoms with Crippen LogP contribution in [0.1, 0.15) is 5.56 Å². The number of nitrogens with one attached hydrogen (secondary N) is 1. The summed E-state index contributed by atoms with van der Waals surface area (Å²) in [5, 5.41) is 31.5. The number of benzene rings is 1. The predicted molar refractivity (Wildman–Crippen MR) is 62.6 cm³/mol. The monoisotopic (exact) mass is 239 g/mol. The van der Waals surface area contributed by atoms with Crippen molar-refractivity contribution < 1.29 is 20.1 Å². The molecule has 0 radical (unpaired) electrons. The summed E-state index contributed by atoms with van der Waals surface area (Å²) in [5.74, 6) is 0. The first kappa shape index (κ1) is 12.3. The second-order valence-electron chi connectivity index (χ2n) is 4.31. The number of hydrogen-bond acceptors (Lipinski definition) is 5. The summed E-state index contributed by atoms with van der Waals surface area (Å²) in [7, 11) is 0. The lowest BCUT2D eigenvalue weighted by Gasteiger charge is -2.35. The van der Waals surface area contributed by atoms with Crippen molar-refractivity contribution in [3.63, 3.8) is 0 Å². The Bertz CT molecular complexity index is 367. The van der Waals surface area contributed by atoms with Crippen molar-refractivity contribution in [2.75, 3.05) is 11.9 Å². The molecule has 5 heteroatoms. The average Bonchev–Trinajstić information content (AvgIpc) is 2.33. The highest BCUT2D eigenvalue weighted by Gasteiger charge is 2.37. The topological polar surface area (TPSA) is 82.0 Å². The zero-order valence-corrected chi connectivity index (χ0v) is 9.58. The number of rotatable bonds is 2. The molecule has 1 aromatic rings. The number of hydrogen-bond donors (Lipinski definition) is 4. The van der Waals surface area contributed by atoms with Gasteiger partial charge in [-0.2, -0.15) is 0 Å². The van der Waals surface area contributed by atoms with E-state index in [1.807, 2.05) is 31.2 Å². The second kappa shape index (κ2) is 5.01. The van der Waals surface area contributed by atoms with Crippen LogP contribution < -0.4 is 5.32 Å². The van der Waals surface area contributed by atoms with E-state index in [9.17, 15) is 15.3 Å². The fraction of sp³-hybridized carbons (Fsp3) is 0.500. The highest BCUT2D eigenvalue weighted by molar-refractivity contribution is 5.45. The van der Waals surface area contributed by atoms with Crippen molar-refractivity contribution in [3.8, 4) is 0 Å². The maximum Gasteiger partial charge on any atom is 0.156 e. The maximum absolute atomic E-state index is 9.73. The van der Waals surface area contributed by atoms with Crippen molar-refractivity contribution in [3.05, 3.63) is 29.8 Å². The predicted octanol–water partition coefficient (Wildman–Crippen LogP) is -0.154. The first-order valence-corrected chi connectivity index (χ1v) is 5.57. The summed E-state index contributed by atoms with van der Waals surface area (Å²) in [6.07, 6.45) is -4.09. The molecule has 94 valence electrons. The highest BCUT2D eigenvalue weighted by Crippen LogP contribution is 2.18. The van der Waals surface area contributed by atoms with Crippen LogP contribution in [0.5, 0.6) is 0 Å². The fourth-order valence-corrected chi connectivity index (χ4v) is 1.75. The van der Waals surface area contributed by atoms with E-state index in [0.29, 0.717) is 0 Å². The Balaban J connectivity index is 2.01. The standard InChI is InChI=1S/C12H17NO4/c1-7-2-4-8(5-3-7)13-12-11(16)10(15)9(14)6-17-12/h2-5,9-16H,6H2,1H3/t9-,10+,11+,12+/m0/s1. The molecule has 17 heavy (non-hydrogen) atoms. The molecule has 0 bridgehead atoms. The number of ether oxygens (including phenoxy) is 1. The minimum atomic E-state index is -1.19. The Kier molecular flexibility index (Phi) is 3.63. The van der Waals surface area contributed by atoms with Gasteiger partial charge in [-0.25, -0.2) is 0 Å². The SMILES string of the molecule is Cc1ccc(N[C@@H]2OC[C@H](O)[C@@H](O)[C@H]2O)cc1. The van der Waals surface area contributed by atoms with Crippen LogP contribution >= 0.6 is 0 Å². The van der Waals surface area contributed by atoms with E-state index in [0.717, 1.165) is 11.3 Å². The molecule has 0 unspecified atom stereocenters. The van der Waals surface area contributed by atoms with E-state index >= 15 is 0 Å². The lowest BCUT2D eigenvalue weighted by atomic mass is 10.0. The molecular formula is C12H17NO4. The Morgan fingerprint density at radius 2 is 1.76 bits per heavy atom. The first-order valence-electron chi connectivity index (χ1n) is 5.57. The molecular weight excluding hydrogens is 222 g/mol. The molecule has 2 rings (SSSR count). The van der Waals surface area contributed by atoms with Crippen molar-refractivity contribution in [2.24, 2.45) is 0 Å². The Labute approximate surface area is 99.7 Å². The molecule has 1 heterocycles. The molecule has 0 aliphatic carbocycles. The summed E-state index contributed by atoms with van der Waals surface area (Å²) >= 11 is 0. The Morgan fingerprint density at radius 3 is 2.41 bits per heavy atom. The Morgan fingerprint density at radius 1 is 1.12 bits per heavy atom. The minimum absolute atomic E-state index is 0.00174. The lowest BCUT2D eigenvalue weighted by Crippen LogP contribution is -2.55. The molecule has 0 spiro atoms. The molecule has 0 saturated carbocycles. The number of aliphatic hydroxyl groups is 3. The van der Waals surface area contributed by atoms with Crippen molar-refractivity contribution in [1.29, 1.82) is 0 Å². The van der Waals surface area contributed by atoms with Crippen molar-refractivity contribution in [1.82, 2.24) is 0 Å². The third-order valence-corrected chi connectivity index (χ3v) is 2.86. The minimum Gasteiger partial charge on any atom is -0.388 e. The third kappa shape index (κ3) is 2.76. The second-order valence-corrected chi connectivity index (χ2v) is 4.31. The maximum atomic E-state index is 9.73. The van der Waals surface area contributed by atoms with Gasteiger partial charge in [0.2, 0.25) is 0 Å². The number of aryl methyl sites for hydroxylation is 1. The van der Waals surface area contributed by atoms with E-state index in [1.54, 1.807) is 0 Å². The normalized spacial score (nSPS) is 33.4. The van der Waals surface area contributed by atoms with Gasteiger partial charge in [0.25, 0.3) is 0 Å². The molecule has 1 aromatic carbocycles. The van der Waals surface area contributed by atoms with E-state index in [4.69, 9.17) is 4.74 Å². The summed E-state index contributed by atoms with van der Waals surface area (Å²) < 4.78 is 5.24. The Hall–Kier alpha value is -1.14. The fourth-order valence-electron chi connectivity index (χ4n) is 1.75. The van der Waals surface area contributed by atoms with Gasteiger partial charge in [-0.15, -0.1) is 0 Å². The molecule has 0 amide bonds. The van der Waals surface area contributed by atoms with E-state index in [-0.39, 0.29) is 6.61 Å².